The maximum Gasteiger partial charge on any atom is 0.127 e. The summed E-state index contributed by atoms with van der Waals surface area (Å²) in [6, 6.07) is 17.5. The molecule has 94 valence electrons. The van der Waals surface area contributed by atoms with Crippen molar-refractivity contribution in [3.8, 4) is 11.5 Å². The van der Waals surface area contributed by atoms with E-state index >= 15 is 0 Å². The maximum atomic E-state index is 8.88. The molecule has 0 aromatic heterocycles. The summed E-state index contributed by atoms with van der Waals surface area (Å²) >= 11 is 0. The molecule has 2 aromatic rings. The summed E-state index contributed by atoms with van der Waals surface area (Å²) in [5.41, 5.74) is 1.06. The van der Waals surface area contributed by atoms with Crippen LogP contribution in [-0.4, -0.2) is 25.3 Å². The number of benzene rings is 2. The van der Waals surface area contributed by atoms with Crippen LogP contribution in [0.15, 0.2) is 54.6 Å². The van der Waals surface area contributed by atoms with Gasteiger partial charge < -0.3 is 14.7 Å². The number of anilines is 1. The molecule has 0 aliphatic heterocycles. The van der Waals surface area contributed by atoms with Gasteiger partial charge in [0.2, 0.25) is 0 Å². The predicted octanol–water partition coefficient (Wildman–Crippen LogP) is 2.91. The van der Waals surface area contributed by atoms with E-state index in [1.165, 1.54) is 0 Å². The van der Waals surface area contributed by atoms with Gasteiger partial charge in [-0.2, -0.15) is 0 Å². The van der Waals surface area contributed by atoms with E-state index in [-0.39, 0.29) is 6.61 Å². The zero-order chi connectivity index (χ0) is 12.8. The van der Waals surface area contributed by atoms with Crippen LogP contribution in [0.3, 0.4) is 0 Å². The van der Waals surface area contributed by atoms with Gasteiger partial charge in [-0.25, -0.2) is 0 Å². The second-order valence-electron chi connectivity index (χ2n) is 4.05. The van der Waals surface area contributed by atoms with Crippen LogP contribution < -0.4 is 9.64 Å². The summed E-state index contributed by atoms with van der Waals surface area (Å²) in [7, 11) is 1.95. The SMILES string of the molecule is CN(CCO)c1ccc(Oc2ccccc2)cc1. The van der Waals surface area contributed by atoms with Crippen molar-refractivity contribution in [2.75, 3.05) is 25.1 Å². The minimum absolute atomic E-state index is 0.152. The van der Waals surface area contributed by atoms with Crippen LogP contribution in [0.2, 0.25) is 0 Å². The Balaban J connectivity index is 2.04. The van der Waals surface area contributed by atoms with Gasteiger partial charge in [0, 0.05) is 19.3 Å². The fourth-order valence-corrected chi connectivity index (χ4v) is 1.67. The lowest BCUT2D eigenvalue weighted by Crippen LogP contribution is -2.20. The fraction of sp³-hybridized carbons (Fsp3) is 0.200. The molecule has 0 atom stereocenters. The lowest BCUT2D eigenvalue weighted by molar-refractivity contribution is 0.304. The molecule has 2 aromatic carbocycles. The Morgan fingerprint density at radius 2 is 1.56 bits per heavy atom. The van der Waals surface area contributed by atoms with E-state index in [4.69, 9.17) is 9.84 Å². The normalized spacial score (nSPS) is 10.1. The molecule has 2 rings (SSSR count). The van der Waals surface area contributed by atoms with Gasteiger partial charge in [-0.3, -0.25) is 0 Å². The van der Waals surface area contributed by atoms with Gasteiger partial charge in [0.15, 0.2) is 0 Å². The zero-order valence-corrected chi connectivity index (χ0v) is 10.4. The highest BCUT2D eigenvalue weighted by Gasteiger charge is 2.01. The molecule has 0 amide bonds. The van der Waals surface area contributed by atoms with Crippen molar-refractivity contribution in [3.63, 3.8) is 0 Å². The number of ether oxygens (including phenoxy) is 1. The number of aliphatic hydroxyl groups excluding tert-OH is 1. The Morgan fingerprint density at radius 1 is 0.944 bits per heavy atom. The third kappa shape index (κ3) is 3.25. The Hall–Kier alpha value is -2.00. The van der Waals surface area contributed by atoms with E-state index in [0.29, 0.717) is 6.54 Å². The zero-order valence-electron chi connectivity index (χ0n) is 10.4. The summed E-state index contributed by atoms with van der Waals surface area (Å²) < 4.78 is 5.71. The standard InChI is InChI=1S/C15H17NO2/c1-16(11-12-17)13-7-9-15(10-8-13)18-14-5-3-2-4-6-14/h2-10,17H,11-12H2,1H3. The number of hydrogen-bond acceptors (Lipinski definition) is 3. The van der Waals surface area contributed by atoms with Crippen LogP contribution in [-0.2, 0) is 0 Å². The molecule has 0 fully saturated rings. The van der Waals surface area contributed by atoms with E-state index < -0.39 is 0 Å². The molecular weight excluding hydrogens is 226 g/mol. The third-order valence-corrected chi connectivity index (χ3v) is 2.69. The predicted molar refractivity (Wildman–Crippen MR) is 73.3 cm³/mol. The molecule has 0 spiro atoms. The highest BCUT2D eigenvalue weighted by Crippen LogP contribution is 2.23. The molecule has 0 bridgehead atoms. The lowest BCUT2D eigenvalue weighted by Gasteiger charge is -2.18. The van der Waals surface area contributed by atoms with Gasteiger partial charge >= 0.3 is 0 Å². The van der Waals surface area contributed by atoms with E-state index in [0.717, 1.165) is 17.2 Å². The number of para-hydroxylation sites is 1. The Bertz CT molecular complexity index is 468. The van der Waals surface area contributed by atoms with E-state index in [9.17, 15) is 0 Å². The number of aliphatic hydroxyl groups is 1. The van der Waals surface area contributed by atoms with Crippen LogP contribution >= 0.6 is 0 Å². The number of nitrogens with zero attached hydrogens (tertiary/aromatic N) is 1. The molecule has 0 saturated carbocycles. The van der Waals surface area contributed by atoms with Crippen molar-refractivity contribution >= 4 is 5.69 Å². The van der Waals surface area contributed by atoms with Crippen molar-refractivity contribution < 1.29 is 9.84 Å². The molecule has 0 unspecified atom stereocenters. The summed E-state index contributed by atoms with van der Waals surface area (Å²) in [5, 5.41) is 8.88. The number of rotatable bonds is 5. The van der Waals surface area contributed by atoms with E-state index in [2.05, 4.69) is 0 Å². The summed E-state index contributed by atoms with van der Waals surface area (Å²) in [5.74, 6) is 1.64. The molecule has 0 aliphatic carbocycles. The molecule has 0 radical (unpaired) electrons. The molecular formula is C15H17NO2. The first-order valence-electron chi connectivity index (χ1n) is 5.94. The van der Waals surface area contributed by atoms with Crippen molar-refractivity contribution in [2.24, 2.45) is 0 Å². The largest absolute Gasteiger partial charge is 0.457 e. The molecule has 3 heteroatoms. The third-order valence-electron chi connectivity index (χ3n) is 2.69. The van der Waals surface area contributed by atoms with Gasteiger partial charge in [0.25, 0.3) is 0 Å². The first-order chi connectivity index (χ1) is 8.79. The molecule has 18 heavy (non-hydrogen) atoms. The van der Waals surface area contributed by atoms with Crippen molar-refractivity contribution in [1.29, 1.82) is 0 Å². The van der Waals surface area contributed by atoms with E-state index in [1.54, 1.807) is 0 Å². The highest BCUT2D eigenvalue weighted by molar-refractivity contribution is 5.49. The van der Waals surface area contributed by atoms with Crippen molar-refractivity contribution in [1.82, 2.24) is 0 Å². The van der Waals surface area contributed by atoms with Crippen LogP contribution in [0.5, 0.6) is 11.5 Å². The quantitative estimate of drug-likeness (QED) is 0.876. The Morgan fingerprint density at radius 3 is 2.17 bits per heavy atom. The van der Waals surface area contributed by atoms with Crippen LogP contribution in [0.1, 0.15) is 0 Å². The molecule has 0 aliphatic rings. The number of hydrogen-bond donors (Lipinski definition) is 1. The van der Waals surface area contributed by atoms with Crippen LogP contribution in [0.4, 0.5) is 5.69 Å². The first kappa shape index (κ1) is 12.5. The van der Waals surface area contributed by atoms with Crippen LogP contribution in [0.25, 0.3) is 0 Å². The monoisotopic (exact) mass is 243 g/mol. The van der Waals surface area contributed by atoms with Crippen molar-refractivity contribution in [3.05, 3.63) is 54.6 Å². The highest BCUT2D eigenvalue weighted by atomic mass is 16.5. The van der Waals surface area contributed by atoms with Gasteiger partial charge in [0.05, 0.1) is 6.61 Å². The Labute approximate surface area is 107 Å². The second-order valence-corrected chi connectivity index (χ2v) is 4.05. The smallest absolute Gasteiger partial charge is 0.127 e. The molecule has 1 N–H and O–H groups in total. The van der Waals surface area contributed by atoms with Gasteiger partial charge in [-0.1, -0.05) is 18.2 Å². The first-order valence-corrected chi connectivity index (χ1v) is 5.94. The Kier molecular flexibility index (Phi) is 4.20. The molecule has 3 nitrogen and oxygen atoms in total. The lowest BCUT2D eigenvalue weighted by atomic mass is 10.2. The fourth-order valence-electron chi connectivity index (χ4n) is 1.67. The minimum Gasteiger partial charge on any atom is -0.457 e. The van der Waals surface area contributed by atoms with Crippen LogP contribution in [0, 0.1) is 0 Å². The maximum absolute atomic E-state index is 8.88. The summed E-state index contributed by atoms with van der Waals surface area (Å²) in [6.07, 6.45) is 0. The summed E-state index contributed by atoms with van der Waals surface area (Å²) in [4.78, 5) is 1.99. The van der Waals surface area contributed by atoms with Gasteiger partial charge in [-0.15, -0.1) is 0 Å². The second kappa shape index (κ2) is 6.07. The van der Waals surface area contributed by atoms with Gasteiger partial charge in [0.1, 0.15) is 11.5 Å². The molecule has 0 saturated heterocycles. The average molecular weight is 243 g/mol. The minimum atomic E-state index is 0.152. The summed E-state index contributed by atoms with van der Waals surface area (Å²) in [6.45, 7) is 0.775. The number of likely N-dealkylation sites (N-methyl/N-ethyl adjacent to an activating group) is 1. The average Bonchev–Trinajstić information content (AvgIpc) is 2.41. The molecule has 0 heterocycles. The van der Waals surface area contributed by atoms with Crippen molar-refractivity contribution in [2.45, 2.75) is 0 Å². The van der Waals surface area contributed by atoms with Gasteiger partial charge in [-0.05, 0) is 36.4 Å². The topological polar surface area (TPSA) is 32.7 Å². The van der Waals surface area contributed by atoms with E-state index in [1.807, 2.05) is 66.5 Å².